The van der Waals surface area contributed by atoms with Gasteiger partial charge < -0.3 is 10.1 Å². The van der Waals surface area contributed by atoms with Gasteiger partial charge in [-0.2, -0.15) is 13.9 Å². The van der Waals surface area contributed by atoms with Gasteiger partial charge in [0.25, 0.3) is 0 Å². The molecular formula is C10H13F4N3O. The van der Waals surface area contributed by atoms with Crippen LogP contribution < -0.4 is 10.1 Å². The molecule has 0 radical (unpaired) electrons. The molecule has 0 atom stereocenters. The topological polar surface area (TPSA) is 47.0 Å². The van der Waals surface area contributed by atoms with Gasteiger partial charge in [-0.05, 0) is 12.6 Å². The highest BCUT2D eigenvalue weighted by atomic mass is 19.3. The molecule has 1 rings (SSSR count). The van der Waals surface area contributed by atoms with E-state index in [4.69, 9.17) is 0 Å². The molecular weight excluding hydrogens is 254 g/mol. The molecule has 1 N–H and O–H groups in total. The first-order valence-corrected chi connectivity index (χ1v) is 5.28. The van der Waals surface area contributed by atoms with E-state index < -0.39 is 19.0 Å². The van der Waals surface area contributed by atoms with Crippen molar-refractivity contribution in [3.63, 3.8) is 0 Å². The summed E-state index contributed by atoms with van der Waals surface area (Å²) in [6.07, 6.45) is -3.77. The van der Waals surface area contributed by atoms with E-state index in [1.54, 1.807) is 0 Å². The van der Waals surface area contributed by atoms with Crippen molar-refractivity contribution < 1.29 is 22.3 Å². The van der Waals surface area contributed by atoms with E-state index in [1.807, 2.05) is 6.92 Å². The zero-order chi connectivity index (χ0) is 13.6. The number of hydrogen-bond donors (Lipinski definition) is 1. The minimum Gasteiger partial charge on any atom is -0.470 e. The van der Waals surface area contributed by atoms with Gasteiger partial charge in [-0.3, -0.25) is 0 Å². The Morgan fingerprint density at radius 1 is 1.33 bits per heavy atom. The Kier molecular flexibility index (Phi) is 5.26. The average molecular weight is 267 g/mol. The third-order valence-electron chi connectivity index (χ3n) is 1.98. The number of halogens is 4. The third-order valence-corrected chi connectivity index (χ3v) is 1.98. The molecule has 18 heavy (non-hydrogen) atoms. The summed E-state index contributed by atoms with van der Waals surface area (Å²) in [6, 6.07) is 2.83. The van der Waals surface area contributed by atoms with E-state index >= 15 is 0 Å². The van der Waals surface area contributed by atoms with Crippen molar-refractivity contribution in [2.75, 3.05) is 13.2 Å². The summed E-state index contributed by atoms with van der Waals surface area (Å²) in [5.74, 6) is -4.40. The molecule has 0 amide bonds. The molecule has 0 aromatic carbocycles. The van der Waals surface area contributed by atoms with Gasteiger partial charge in [-0.15, -0.1) is 5.10 Å². The molecule has 0 unspecified atom stereocenters. The largest absolute Gasteiger partial charge is 0.470 e. The third kappa shape index (κ3) is 4.44. The van der Waals surface area contributed by atoms with Crippen LogP contribution in [-0.4, -0.2) is 35.7 Å². The fourth-order valence-electron chi connectivity index (χ4n) is 1.01. The summed E-state index contributed by atoms with van der Waals surface area (Å²) in [4.78, 5) is 0. The molecule has 0 spiro atoms. The Bertz CT molecular complexity index is 359. The highest BCUT2D eigenvalue weighted by Gasteiger charge is 2.41. The van der Waals surface area contributed by atoms with Gasteiger partial charge >= 0.3 is 12.3 Å². The second-order valence-corrected chi connectivity index (χ2v) is 3.49. The van der Waals surface area contributed by atoms with E-state index in [0.717, 1.165) is 6.54 Å². The first-order chi connectivity index (χ1) is 8.45. The molecule has 0 fully saturated rings. The molecule has 8 heteroatoms. The number of nitrogens with zero attached hydrogens (tertiary/aromatic N) is 2. The van der Waals surface area contributed by atoms with Crippen molar-refractivity contribution in [3.8, 4) is 5.88 Å². The second kappa shape index (κ2) is 6.48. The molecule has 0 aliphatic rings. The van der Waals surface area contributed by atoms with Gasteiger partial charge in [0.15, 0.2) is 6.61 Å². The molecule has 1 heterocycles. The number of rotatable bonds is 7. The monoisotopic (exact) mass is 267 g/mol. The molecule has 4 nitrogen and oxygen atoms in total. The minimum absolute atomic E-state index is 0.212. The average Bonchev–Trinajstić information content (AvgIpc) is 2.35. The SMILES string of the molecule is CCNCc1ccc(OCC(F)(F)C(F)F)nn1. The molecule has 0 aliphatic carbocycles. The maximum absolute atomic E-state index is 12.5. The molecule has 1 aromatic heterocycles. The lowest BCUT2D eigenvalue weighted by Gasteiger charge is -2.15. The van der Waals surface area contributed by atoms with E-state index in [0.29, 0.717) is 12.2 Å². The lowest BCUT2D eigenvalue weighted by atomic mass is 10.3. The summed E-state index contributed by atoms with van der Waals surface area (Å²) in [5, 5.41) is 10.2. The van der Waals surface area contributed by atoms with E-state index in [9.17, 15) is 17.6 Å². The normalized spacial score (nSPS) is 11.9. The summed E-state index contributed by atoms with van der Waals surface area (Å²) in [7, 11) is 0. The zero-order valence-electron chi connectivity index (χ0n) is 9.67. The standard InChI is InChI=1S/C10H13F4N3O/c1-2-15-5-7-3-4-8(17-16-7)18-6-10(13,14)9(11)12/h3-4,9,15H,2,5-6H2,1H3. The van der Waals surface area contributed by atoms with Crippen molar-refractivity contribution >= 4 is 0 Å². The van der Waals surface area contributed by atoms with Crippen LogP contribution in [0.1, 0.15) is 12.6 Å². The van der Waals surface area contributed by atoms with Gasteiger partial charge in [0, 0.05) is 12.6 Å². The van der Waals surface area contributed by atoms with E-state index in [1.165, 1.54) is 12.1 Å². The molecule has 1 aromatic rings. The highest BCUT2D eigenvalue weighted by Crippen LogP contribution is 2.23. The van der Waals surface area contributed by atoms with Gasteiger partial charge in [0.2, 0.25) is 5.88 Å². The Hall–Kier alpha value is -1.44. The van der Waals surface area contributed by atoms with E-state index in [-0.39, 0.29) is 5.88 Å². The summed E-state index contributed by atoms with van der Waals surface area (Å²) >= 11 is 0. The predicted molar refractivity (Wildman–Crippen MR) is 55.9 cm³/mol. The first-order valence-electron chi connectivity index (χ1n) is 5.28. The molecule has 0 saturated heterocycles. The van der Waals surface area contributed by atoms with Gasteiger partial charge in [0.1, 0.15) is 0 Å². The quantitative estimate of drug-likeness (QED) is 0.766. The number of alkyl halides is 4. The smallest absolute Gasteiger partial charge is 0.340 e. The van der Waals surface area contributed by atoms with Crippen LogP contribution in [0, 0.1) is 0 Å². The second-order valence-electron chi connectivity index (χ2n) is 3.49. The Balaban J connectivity index is 2.49. The Morgan fingerprint density at radius 2 is 2.06 bits per heavy atom. The number of nitrogens with one attached hydrogen (secondary N) is 1. The number of hydrogen-bond acceptors (Lipinski definition) is 4. The van der Waals surface area contributed by atoms with Crippen molar-refractivity contribution in [2.45, 2.75) is 25.8 Å². The highest BCUT2D eigenvalue weighted by molar-refractivity contribution is 5.11. The molecule has 102 valence electrons. The maximum Gasteiger partial charge on any atom is 0.340 e. The summed E-state index contributed by atoms with van der Waals surface area (Å²) in [5.41, 5.74) is 0.602. The lowest BCUT2D eigenvalue weighted by Crippen LogP contribution is -2.34. The van der Waals surface area contributed by atoms with E-state index in [2.05, 4.69) is 20.3 Å². The fourth-order valence-corrected chi connectivity index (χ4v) is 1.01. The maximum atomic E-state index is 12.5. The number of ether oxygens (including phenoxy) is 1. The van der Waals surface area contributed by atoms with Crippen molar-refractivity contribution in [2.24, 2.45) is 0 Å². The van der Waals surface area contributed by atoms with Crippen LogP contribution in [0.15, 0.2) is 12.1 Å². The van der Waals surface area contributed by atoms with Crippen LogP contribution >= 0.6 is 0 Å². The fraction of sp³-hybridized carbons (Fsp3) is 0.600. The Labute approximate surface area is 101 Å². The summed E-state index contributed by atoms with van der Waals surface area (Å²) < 4.78 is 53.2. The van der Waals surface area contributed by atoms with Crippen molar-refractivity contribution in [1.82, 2.24) is 15.5 Å². The summed E-state index contributed by atoms with van der Waals surface area (Å²) in [6.45, 7) is 1.72. The number of aromatic nitrogens is 2. The zero-order valence-corrected chi connectivity index (χ0v) is 9.67. The first kappa shape index (κ1) is 14.6. The molecule has 0 bridgehead atoms. The van der Waals surface area contributed by atoms with Crippen LogP contribution in [0.5, 0.6) is 5.88 Å². The Morgan fingerprint density at radius 3 is 2.56 bits per heavy atom. The molecule has 0 saturated carbocycles. The van der Waals surface area contributed by atoms with Crippen LogP contribution in [0.3, 0.4) is 0 Å². The van der Waals surface area contributed by atoms with Gasteiger partial charge in [0.05, 0.1) is 5.69 Å². The van der Waals surface area contributed by atoms with Crippen LogP contribution in [0.25, 0.3) is 0 Å². The van der Waals surface area contributed by atoms with Crippen LogP contribution in [-0.2, 0) is 6.54 Å². The van der Waals surface area contributed by atoms with Crippen molar-refractivity contribution in [1.29, 1.82) is 0 Å². The van der Waals surface area contributed by atoms with Crippen LogP contribution in [0.2, 0.25) is 0 Å². The van der Waals surface area contributed by atoms with Crippen molar-refractivity contribution in [3.05, 3.63) is 17.8 Å². The molecule has 0 aliphatic heterocycles. The van der Waals surface area contributed by atoms with Gasteiger partial charge in [-0.1, -0.05) is 6.92 Å². The van der Waals surface area contributed by atoms with Gasteiger partial charge in [-0.25, -0.2) is 8.78 Å². The minimum atomic E-state index is -4.19. The lowest BCUT2D eigenvalue weighted by molar-refractivity contribution is -0.148. The van der Waals surface area contributed by atoms with Crippen LogP contribution in [0.4, 0.5) is 17.6 Å². The predicted octanol–water partition coefficient (Wildman–Crippen LogP) is 1.87.